The lowest BCUT2D eigenvalue weighted by Gasteiger charge is -2.34. The van der Waals surface area contributed by atoms with E-state index in [-0.39, 0.29) is 17.4 Å². The minimum absolute atomic E-state index is 0.0494. The number of carbonyl (C=O) groups excluding carboxylic acids is 1. The molecule has 6 nitrogen and oxygen atoms in total. The summed E-state index contributed by atoms with van der Waals surface area (Å²) in [7, 11) is 1.37. The SMILES string of the molecule is COc1cc(/C=C/C(=O)N2CCN(c3ccccn3)CC2)ccc1OC(F)F. The topological polar surface area (TPSA) is 54.9 Å². The molecule has 3 rings (SSSR count). The van der Waals surface area contributed by atoms with E-state index in [1.807, 2.05) is 18.2 Å². The zero-order valence-electron chi connectivity index (χ0n) is 15.4. The van der Waals surface area contributed by atoms with Crippen molar-refractivity contribution in [2.24, 2.45) is 0 Å². The van der Waals surface area contributed by atoms with Crippen LogP contribution in [0.15, 0.2) is 48.7 Å². The molecule has 8 heteroatoms. The lowest BCUT2D eigenvalue weighted by Crippen LogP contribution is -2.48. The van der Waals surface area contributed by atoms with Crippen LogP contribution in [0.1, 0.15) is 5.56 Å². The molecule has 1 fully saturated rings. The highest BCUT2D eigenvalue weighted by Gasteiger charge is 2.20. The quantitative estimate of drug-likeness (QED) is 0.711. The summed E-state index contributed by atoms with van der Waals surface area (Å²) in [6.45, 7) is -0.301. The first-order valence-electron chi connectivity index (χ1n) is 8.82. The van der Waals surface area contributed by atoms with Crippen LogP contribution in [0.3, 0.4) is 0 Å². The fraction of sp³-hybridized carbons (Fsp3) is 0.300. The van der Waals surface area contributed by atoms with Gasteiger partial charge in [-0.1, -0.05) is 12.1 Å². The van der Waals surface area contributed by atoms with Crippen molar-refractivity contribution in [2.45, 2.75) is 6.61 Å². The molecule has 1 amide bonds. The summed E-state index contributed by atoms with van der Waals surface area (Å²) < 4.78 is 34.2. The Balaban J connectivity index is 1.58. The van der Waals surface area contributed by atoms with Gasteiger partial charge in [-0.3, -0.25) is 4.79 Å². The molecule has 2 aromatic rings. The molecule has 1 saturated heterocycles. The predicted octanol–water partition coefficient (Wildman–Crippen LogP) is 3.05. The molecular formula is C20H21F2N3O3. The van der Waals surface area contributed by atoms with Crippen LogP contribution in [-0.2, 0) is 4.79 Å². The number of carbonyl (C=O) groups is 1. The van der Waals surface area contributed by atoms with Crippen LogP contribution in [-0.4, -0.2) is 55.7 Å². The van der Waals surface area contributed by atoms with Crippen molar-refractivity contribution < 1.29 is 23.0 Å². The zero-order chi connectivity index (χ0) is 19.9. The van der Waals surface area contributed by atoms with Crippen molar-refractivity contribution in [2.75, 3.05) is 38.2 Å². The molecule has 0 bridgehead atoms. The molecule has 0 N–H and O–H groups in total. The van der Waals surface area contributed by atoms with Crippen LogP contribution < -0.4 is 14.4 Å². The first-order valence-corrected chi connectivity index (χ1v) is 8.82. The number of pyridine rings is 1. The summed E-state index contributed by atoms with van der Waals surface area (Å²) in [6.07, 6.45) is 4.85. The van der Waals surface area contributed by atoms with E-state index in [9.17, 15) is 13.6 Å². The minimum Gasteiger partial charge on any atom is -0.493 e. The van der Waals surface area contributed by atoms with Gasteiger partial charge < -0.3 is 19.3 Å². The average Bonchev–Trinajstić information content (AvgIpc) is 2.73. The van der Waals surface area contributed by atoms with Crippen LogP contribution >= 0.6 is 0 Å². The number of benzene rings is 1. The van der Waals surface area contributed by atoms with Gasteiger partial charge in [-0.2, -0.15) is 8.78 Å². The van der Waals surface area contributed by atoms with Gasteiger partial charge in [0.1, 0.15) is 5.82 Å². The molecular weight excluding hydrogens is 368 g/mol. The maximum atomic E-state index is 12.4. The number of rotatable bonds is 6. The van der Waals surface area contributed by atoms with E-state index in [1.165, 1.54) is 19.3 Å². The molecule has 1 aromatic heterocycles. The Morgan fingerprint density at radius 1 is 1.14 bits per heavy atom. The molecule has 1 aliphatic rings. The zero-order valence-corrected chi connectivity index (χ0v) is 15.4. The summed E-state index contributed by atoms with van der Waals surface area (Å²) in [5.41, 5.74) is 0.652. The molecule has 0 radical (unpaired) electrons. The summed E-state index contributed by atoms with van der Waals surface area (Å²) in [5, 5.41) is 0. The summed E-state index contributed by atoms with van der Waals surface area (Å²) in [6, 6.07) is 10.3. The van der Waals surface area contributed by atoms with Gasteiger partial charge in [-0.05, 0) is 35.9 Å². The molecule has 0 saturated carbocycles. The number of alkyl halides is 2. The number of methoxy groups -OCH3 is 1. The van der Waals surface area contributed by atoms with Gasteiger partial charge in [-0.25, -0.2) is 4.98 Å². The van der Waals surface area contributed by atoms with Crippen molar-refractivity contribution in [1.82, 2.24) is 9.88 Å². The normalized spacial score (nSPS) is 14.6. The van der Waals surface area contributed by atoms with E-state index in [0.29, 0.717) is 31.7 Å². The standard InChI is InChI=1S/C20H21F2N3O3/c1-27-17-14-15(5-7-16(17)28-20(21)22)6-8-19(26)25-12-10-24(11-13-25)18-4-2-3-9-23-18/h2-9,14,20H,10-13H2,1H3/b8-6+. The molecule has 0 atom stereocenters. The van der Waals surface area contributed by atoms with Gasteiger partial charge in [0.2, 0.25) is 5.91 Å². The number of nitrogens with zero attached hydrogens (tertiary/aromatic N) is 3. The Morgan fingerprint density at radius 2 is 1.93 bits per heavy atom. The van der Waals surface area contributed by atoms with Gasteiger partial charge in [0.05, 0.1) is 7.11 Å². The van der Waals surface area contributed by atoms with Gasteiger partial charge in [0, 0.05) is 38.5 Å². The van der Waals surface area contributed by atoms with Crippen LogP contribution in [0.25, 0.3) is 6.08 Å². The maximum Gasteiger partial charge on any atom is 0.387 e. The highest BCUT2D eigenvalue weighted by Crippen LogP contribution is 2.29. The Labute approximate surface area is 162 Å². The van der Waals surface area contributed by atoms with Gasteiger partial charge >= 0.3 is 6.61 Å². The third kappa shape index (κ3) is 4.97. The van der Waals surface area contributed by atoms with E-state index >= 15 is 0 Å². The Bertz CT molecular complexity index is 823. The number of halogens is 2. The highest BCUT2D eigenvalue weighted by atomic mass is 19.3. The number of aromatic nitrogens is 1. The molecule has 1 aromatic carbocycles. The van der Waals surface area contributed by atoms with Gasteiger partial charge in [-0.15, -0.1) is 0 Å². The number of hydrogen-bond acceptors (Lipinski definition) is 5. The van der Waals surface area contributed by atoms with E-state index < -0.39 is 6.61 Å². The summed E-state index contributed by atoms with van der Waals surface area (Å²) >= 11 is 0. The van der Waals surface area contributed by atoms with E-state index in [4.69, 9.17) is 4.74 Å². The van der Waals surface area contributed by atoms with Crippen LogP contribution in [0.5, 0.6) is 11.5 Å². The highest BCUT2D eigenvalue weighted by molar-refractivity contribution is 5.92. The number of ether oxygens (including phenoxy) is 2. The second kappa shape index (κ2) is 9.16. The van der Waals surface area contributed by atoms with E-state index in [1.54, 1.807) is 29.3 Å². The number of piperazine rings is 1. The van der Waals surface area contributed by atoms with Crippen LogP contribution in [0, 0.1) is 0 Å². The molecule has 1 aliphatic heterocycles. The van der Waals surface area contributed by atoms with Crippen LogP contribution in [0.4, 0.5) is 14.6 Å². The lowest BCUT2D eigenvalue weighted by atomic mass is 10.2. The van der Waals surface area contributed by atoms with Crippen molar-refractivity contribution in [1.29, 1.82) is 0 Å². The first kappa shape index (κ1) is 19.6. The molecule has 0 spiro atoms. The van der Waals surface area contributed by atoms with E-state index in [0.717, 1.165) is 5.82 Å². The average molecular weight is 389 g/mol. The summed E-state index contributed by atoms with van der Waals surface area (Å²) in [5.74, 6) is 0.932. The van der Waals surface area contributed by atoms with Crippen molar-refractivity contribution in [3.63, 3.8) is 0 Å². The van der Waals surface area contributed by atoms with Gasteiger partial charge in [0.25, 0.3) is 0 Å². The number of anilines is 1. The first-order chi connectivity index (χ1) is 13.6. The molecule has 2 heterocycles. The predicted molar refractivity (Wildman–Crippen MR) is 102 cm³/mol. The third-order valence-electron chi connectivity index (χ3n) is 4.39. The fourth-order valence-electron chi connectivity index (χ4n) is 2.95. The van der Waals surface area contributed by atoms with E-state index in [2.05, 4.69) is 14.6 Å². The molecule has 0 unspecified atom stereocenters. The van der Waals surface area contributed by atoms with Crippen molar-refractivity contribution >= 4 is 17.8 Å². The molecule has 28 heavy (non-hydrogen) atoms. The smallest absolute Gasteiger partial charge is 0.387 e. The van der Waals surface area contributed by atoms with Crippen LogP contribution in [0.2, 0.25) is 0 Å². The second-order valence-electron chi connectivity index (χ2n) is 6.12. The maximum absolute atomic E-state index is 12.4. The molecule has 0 aliphatic carbocycles. The largest absolute Gasteiger partial charge is 0.493 e. The molecule has 148 valence electrons. The minimum atomic E-state index is -2.93. The Kier molecular flexibility index (Phi) is 6.41. The van der Waals surface area contributed by atoms with Crippen molar-refractivity contribution in [3.05, 3.63) is 54.2 Å². The van der Waals surface area contributed by atoms with Crippen molar-refractivity contribution in [3.8, 4) is 11.5 Å². The van der Waals surface area contributed by atoms with Gasteiger partial charge in [0.15, 0.2) is 11.5 Å². The Hall–Kier alpha value is -3.16. The second-order valence-corrected chi connectivity index (χ2v) is 6.12. The number of amides is 1. The lowest BCUT2D eigenvalue weighted by molar-refractivity contribution is -0.126. The Morgan fingerprint density at radius 3 is 2.57 bits per heavy atom. The summed E-state index contributed by atoms with van der Waals surface area (Å²) in [4.78, 5) is 20.7. The third-order valence-corrected chi connectivity index (χ3v) is 4.39. The monoisotopic (exact) mass is 389 g/mol. The fourth-order valence-corrected chi connectivity index (χ4v) is 2.95. The number of hydrogen-bond donors (Lipinski definition) is 0.